The average Bonchev–Trinajstić information content (AvgIpc) is 0.842. The summed E-state index contributed by atoms with van der Waals surface area (Å²) in [4.78, 5) is 7.87. The molecule has 0 atom stereocenters. The second-order valence-electron chi connectivity index (χ2n) is 28.4. The van der Waals surface area contributed by atoms with E-state index in [1.54, 1.807) is 0 Å². The molecule has 0 N–H and O–H groups in total. The highest BCUT2D eigenvalue weighted by Crippen LogP contribution is 2.56. The molecule has 84 heavy (non-hydrogen) atoms. The molecule has 10 aromatic rings. The van der Waals surface area contributed by atoms with Crippen molar-refractivity contribution in [1.82, 2.24) is 0 Å². The number of nitrogens with zero attached hydrogens (tertiary/aromatic N) is 3. The Morgan fingerprint density at radius 2 is 0.857 bits per heavy atom. The lowest BCUT2D eigenvalue weighted by Gasteiger charge is -2.48. The first kappa shape index (κ1) is 53.7. The van der Waals surface area contributed by atoms with E-state index >= 15 is 0 Å². The molecule has 0 unspecified atom stereocenters. The molecule has 4 aliphatic rings. The second kappa shape index (κ2) is 19.4. The Kier molecular flexibility index (Phi) is 12.4. The van der Waals surface area contributed by atoms with Crippen LogP contribution < -0.4 is 31.1 Å². The molecule has 3 nitrogen and oxygen atoms in total. The van der Waals surface area contributed by atoms with E-state index in [0.717, 1.165) is 42.0 Å². The Hall–Kier alpha value is -8.34. The van der Waals surface area contributed by atoms with Crippen LogP contribution in [0, 0.1) is 6.92 Å². The first-order chi connectivity index (χ1) is 40.2. The minimum atomic E-state index is -0.0997. The SMILES string of the molecule is Cc1ccc(-c2ccccc2)cc1N1c2cc(-c3ccccc3)ccc2B2c3cc4c(cc3N(c3ccc(C(C)(C)C)cc3-c3ccc5c(c3)C(C)(C)CC5(C)C)c3cc(N(c5ccccc5)c5ccccc5)cc1c32)C(C)(C)CCC4(C)C. The molecule has 0 aromatic heterocycles. The number of aryl methyl sites for hydroxylation is 1. The van der Waals surface area contributed by atoms with E-state index in [1.807, 2.05) is 0 Å². The third-order valence-corrected chi connectivity index (χ3v) is 19.8. The van der Waals surface area contributed by atoms with Gasteiger partial charge in [-0.2, -0.15) is 0 Å². The fraction of sp³-hybridized carbons (Fsp3) is 0.250. The summed E-state index contributed by atoms with van der Waals surface area (Å²) >= 11 is 0. The Balaban J connectivity index is 1.15. The van der Waals surface area contributed by atoms with Crippen molar-refractivity contribution in [2.24, 2.45) is 0 Å². The quantitative estimate of drug-likeness (QED) is 0.140. The predicted molar refractivity (Wildman–Crippen MR) is 361 cm³/mol. The number of fused-ring (bicyclic) bond motifs is 6. The van der Waals surface area contributed by atoms with Crippen LogP contribution in [0.2, 0.25) is 0 Å². The monoisotopic (exact) mass is 1090 g/mol. The average molecular weight is 1090 g/mol. The summed E-state index contributed by atoms with van der Waals surface area (Å²) in [7, 11) is 0. The van der Waals surface area contributed by atoms with E-state index < -0.39 is 0 Å². The highest BCUT2D eigenvalue weighted by Gasteiger charge is 2.48. The Morgan fingerprint density at radius 1 is 0.369 bits per heavy atom. The second-order valence-corrected chi connectivity index (χ2v) is 28.4. The number of anilines is 9. The molecule has 0 fully saturated rings. The van der Waals surface area contributed by atoms with Crippen LogP contribution in [0.4, 0.5) is 51.2 Å². The zero-order valence-electron chi connectivity index (χ0n) is 51.3. The topological polar surface area (TPSA) is 9.72 Å². The number of benzene rings is 10. The van der Waals surface area contributed by atoms with Crippen LogP contribution in [-0.2, 0) is 27.1 Å². The van der Waals surface area contributed by atoms with Crippen molar-refractivity contribution >= 4 is 74.3 Å². The Bertz CT molecular complexity index is 4180. The van der Waals surface area contributed by atoms with Gasteiger partial charge in [-0.25, -0.2) is 0 Å². The van der Waals surface area contributed by atoms with Gasteiger partial charge in [0.25, 0.3) is 6.71 Å². The molecule has 4 heteroatoms. The molecule has 2 aliphatic heterocycles. The summed E-state index contributed by atoms with van der Waals surface area (Å²) in [5.41, 5.74) is 30.1. The summed E-state index contributed by atoms with van der Waals surface area (Å²) in [5, 5.41) is 0. The smallest absolute Gasteiger partial charge is 0.252 e. The number of hydrogen-bond donors (Lipinski definition) is 0. The van der Waals surface area contributed by atoms with Gasteiger partial charge < -0.3 is 14.7 Å². The molecule has 2 heterocycles. The number of hydrogen-bond acceptors (Lipinski definition) is 3. The van der Waals surface area contributed by atoms with E-state index in [-0.39, 0.29) is 33.8 Å². The van der Waals surface area contributed by atoms with Gasteiger partial charge in [0, 0.05) is 45.4 Å². The van der Waals surface area contributed by atoms with Gasteiger partial charge in [-0.05, 0) is 198 Å². The van der Waals surface area contributed by atoms with Crippen LogP contribution in [0.1, 0.15) is 129 Å². The summed E-state index contributed by atoms with van der Waals surface area (Å²) < 4.78 is 0. The lowest BCUT2D eigenvalue weighted by molar-refractivity contribution is 0.332. The lowest BCUT2D eigenvalue weighted by atomic mass is 9.33. The van der Waals surface area contributed by atoms with Gasteiger partial charge in [0.1, 0.15) is 0 Å². The van der Waals surface area contributed by atoms with Crippen LogP contribution >= 0.6 is 0 Å². The van der Waals surface area contributed by atoms with Gasteiger partial charge in [0.2, 0.25) is 0 Å². The zero-order chi connectivity index (χ0) is 58.2. The first-order valence-electron chi connectivity index (χ1n) is 30.7. The molecule has 0 saturated heterocycles. The molecule has 0 spiro atoms. The largest absolute Gasteiger partial charge is 0.311 e. The summed E-state index contributed by atoms with van der Waals surface area (Å²) in [6.45, 7) is 29.0. The summed E-state index contributed by atoms with van der Waals surface area (Å²) in [6.07, 6.45) is 3.37. The van der Waals surface area contributed by atoms with E-state index in [1.165, 1.54) is 112 Å². The van der Waals surface area contributed by atoms with Crippen LogP contribution in [-0.4, -0.2) is 6.71 Å². The third kappa shape index (κ3) is 8.76. The van der Waals surface area contributed by atoms with Crippen LogP contribution in [0.3, 0.4) is 0 Å². The highest BCUT2D eigenvalue weighted by atomic mass is 15.2. The minimum absolute atomic E-state index is 0.0241. The maximum atomic E-state index is 2.74. The van der Waals surface area contributed by atoms with Gasteiger partial charge in [-0.1, -0.05) is 228 Å². The fourth-order valence-corrected chi connectivity index (χ4v) is 15.3. The van der Waals surface area contributed by atoms with E-state index in [9.17, 15) is 0 Å². The predicted octanol–water partition coefficient (Wildman–Crippen LogP) is 20.2. The zero-order valence-corrected chi connectivity index (χ0v) is 51.3. The highest BCUT2D eigenvalue weighted by molar-refractivity contribution is 7.00. The fourth-order valence-electron chi connectivity index (χ4n) is 15.3. The maximum Gasteiger partial charge on any atom is 0.252 e. The molecule has 0 amide bonds. The number of para-hydroxylation sites is 2. The van der Waals surface area contributed by atoms with Gasteiger partial charge in [0.15, 0.2) is 0 Å². The van der Waals surface area contributed by atoms with Crippen molar-refractivity contribution < 1.29 is 0 Å². The maximum absolute atomic E-state index is 2.74. The van der Waals surface area contributed by atoms with Crippen molar-refractivity contribution in [3.8, 4) is 33.4 Å². The first-order valence-corrected chi connectivity index (χ1v) is 30.7. The Morgan fingerprint density at radius 3 is 1.44 bits per heavy atom. The molecular weight excluding hydrogens is 1010 g/mol. The minimum Gasteiger partial charge on any atom is -0.311 e. The van der Waals surface area contributed by atoms with Gasteiger partial charge in [-0.3, -0.25) is 0 Å². The molecule has 2 aliphatic carbocycles. The van der Waals surface area contributed by atoms with Crippen molar-refractivity contribution in [3.63, 3.8) is 0 Å². The van der Waals surface area contributed by atoms with Gasteiger partial charge in [-0.15, -0.1) is 0 Å². The molecule has 10 aromatic carbocycles. The van der Waals surface area contributed by atoms with Crippen molar-refractivity contribution in [3.05, 3.63) is 252 Å². The van der Waals surface area contributed by atoms with Crippen LogP contribution in [0.25, 0.3) is 33.4 Å². The molecular formula is C80H78BN3. The van der Waals surface area contributed by atoms with Crippen molar-refractivity contribution in [2.45, 2.75) is 129 Å². The van der Waals surface area contributed by atoms with Crippen LogP contribution in [0.5, 0.6) is 0 Å². The van der Waals surface area contributed by atoms with Gasteiger partial charge in [0.05, 0.1) is 11.4 Å². The molecule has 0 bridgehead atoms. The number of rotatable bonds is 8. The van der Waals surface area contributed by atoms with E-state index in [4.69, 9.17) is 0 Å². The molecule has 14 rings (SSSR count). The Labute approximate surface area is 500 Å². The third-order valence-electron chi connectivity index (χ3n) is 19.8. The molecule has 416 valence electrons. The summed E-state index contributed by atoms with van der Waals surface area (Å²) in [6, 6.07) is 83.7. The van der Waals surface area contributed by atoms with Crippen molar-refractivity contribution in [1.29, 1.82) is 0 Å². The van der Waals surface area contributed by atoms with E-state index in [2.05, 4.69) is 316 Å². The summed E-state index contributed by atoms with van der Waals surface area (Å²) in [5.74, 6) is 0. The van der Waals surface area contributed by atoms with Crippen LogP contribution in [0.15, 0.2) is 218 Å². The van der Waals surface area contributed by atoms with Gasteiger partial charge >= 0.3 is 0 Å². The van der Waals surface area contributed by atoms with Crippen molar-refractivity contribution in [2.75, 3.05) is 14.7 Å². The lowest BCUT2D eigenvalue weighted by Crippen LogP contribution is -2.62. The molecule has 0 saturated carbocycles. The molecule has 0 radical (unpaired) electrons. The van der Waals surface area contributed by atoms with E-state index in [0.29, 0.717) is 0 Å². The standard InChI is InChI=1S/C80H78BN3/c1-52-33-34-55(53-25-17-13-18-26-53)44-70(52)84-71-45-56(54-27-19-14-20-28-54)36-39-67(71)81-68-49-65-66(78(7,8)42-41-77(65,5)6)50-72(68)83(73-47-61(48-74(84)75(73)81)82(59-29-21-15-22-30-59)60-31-23-16-24-32-60)69-40-37-58(76(2,3)4)46-62(69)57-35-38-63-64(43-57)80(11,12)51-79(63,9)10/h13-40,43-50H,41-42,51H2,1-12H3. The normalized spacial score (nSPS) is 16.5.